The Morgan fingerprint density at radius 2 is 0.925 bits per heavy atom. The summed E-state index contributed by atoms with van der Waals surface area (Å²) in [7, 11) is 4.24. The zero-order chi connectivity index (χ0) is 35.8. The van der Waals surface area contributed by atoms with Crippen LogP contribution in [0.25, 0.3) is 50.0 Å². The molecule has 0 radical (unpaired) electrons. The number of fused-ring (bicyclic) bond motifs is 9. The number of hydrogen-bond donors (Lipinski definition) is 2. The normalized spacial score (nSPS) is 15.3. The van der Waals surface area contributed by atoms with Crippen LogP contribution in [0.5, 0.6) is 0 Å². The minimum absolute atomic E-state index is 0.186. The van der Waals surface area contributed by atoms with Gasteiger partial charge in [-0.3, -0.25) is 4.57 Å². The highest BCUT2D eigenvalue weighted by molar-refractivity contribution is 6.11. The van der Waals surface area contributed by atoms with Crippen molar-refractivity contribution in [3.8, 4) is 28.2 Å². The topological polar surface area (TPSA) is 102 Å². The van der Waals surface area contributed by atoms with Crippen molar-refractivity contribution in [2.24, 2.45) is 11.5 Å². The van der Waals surface area contributed by atoms with Crippen LogP contribution in [-0.2, 0) is 0 Å². The van der Waals surface area contributed by atoms with E-state index in [1.54, 1.807) is 12.7 Å². The van der Waals surface area contributed by atoms with Gasteiger partial charge in [0.25, 0.3) is 0 Å². The molecule has 0 saturated carbocycles. The third-order valence-electron chi connectivity index (χ3n) is 11.5. The van der Waals surface area contributed by atoms with Gasteiger partial charge >= 0.3 is 0 Å². The second-order valence-corrected chi connectivity index (χ2v) is 14.1. The molecule has 53 heavy (non-hydrogen) atoms. The molecule has 2 aliphatic rings. The molecule has 0 saturated heterocycles. The molecule has 6 aromatic carbocycles. The van der Waals surface area contributed by atoms with Gasteiger partial charge in [-0.2, -0.15) is 0 Å². The quantitative estimate of drug-likeness (QED) is 0.173. The molecule has 8 aromatic rings. The Morgan fingerprint density at radius 1 is 0.509 bits per heavy atom. The summed E-state index contributed by atoms with van der Waals surface area (Å²) in [5.41, 5.74) is 29.3. The molecule has 4 N–H and O–H groups in total. The first-order valence-corrected chi connectivity index (χ1v) is 18.1. The molecule has 0 aliphatic heterocycles. The Kier molecular flexibility index (Phi) is 7.18. The summed E-state index contributed by atoms with van der Waals surface area (Å²) < 4.78 is 2.15. The van der Waals surface area contributed by atoms with Gasteiger partial charge in [0.05, 0.1) is 11.0 Å². The molecule has 2 atom stereocenters. The van der Waals surface area contributed by atoms with E-state index in [4.69, 9.17) is 11.5 Å². The van der Waals surface area contributed by atoms with Gasteiger partial charge in [0.2, 0.25) is 5.95 Å². The van der Waals surface area contributed by atoms with Gasteiger partial charge in [-0.05, 0) is 93.0 Å². The standard InChI is InChI=1S/C45H38N8/c1-51(27-11-15-35-31-7-3-5-9-33(31)41(23-46)39(35)19-27)29-13-17-37-38-18-14-30(22-44(38)53(43(37)21-29)45-49-25-48-26-50-45)52(2)28-12-16-36-32-8-4-6-10-34(32)42(24-47)40(36)20-28/h3-22,25-26,41-42H,23-24,46-47H2,1-2H3. The van der Waals surface area contributed by atoms with Crippen molar-refractivity contribution in [1.29, 1.82) is 0 Å². The van der Waals surface area contributed by atoms with Gasteiger partial charge in [0.15, 0.2) is 0 Å². The molecule has 8 heteroatoms. The van der Waals surface area contributed by atoms with E-state index in [2.05, 4.69) is 165 Å². The van der Waals surface area contributed by atoms with Gasteiger partial charge in [0.1, 0.15) is 12.7 Å². The maximum absolute atomic E-state index is 6.34. The van der Waals surface area contributed by atoms with Crippen molar-refractivity contribution in [2.45, 2.75) is 11.8 Å². The molecular weight excluding hydrogens is 653 g/mol. The Labute approximate surface area is 308 Å². The summed E-state index contributed by atoms with van der Waals surface area (Å²) in [6.07, 6.45) is 3.11. The van der Waals surface area contributed by atoms with Crippen molar-refractivity contribution in [1.82, 2.24) is 19.5 Å². The second-order valence-electron chi connectivity index (χ2n) is 14.1. The minimum atomic E-state index is 0.186. The summed E-state index contributed by atoms with van der Waals surface area (Å²) >= 11 is 0. The molecule has 2 unspecified atom stereocenters. The zero-order valence-electron chi connectivity index (χ0n) is 29.6. The van der Waals surface area contributed by atoms with Crippen LogP contribution in [0.4, 0.5) is 22.7 Å². The van der Waals surface area contributed by atoms with E-state index in [-0.39, 0.29) is 11.8 Å². The molecule has 8 nitrogen and oxygen atoms in total. The van der Waals surface area contributed by atoms with E-state index in [0.29, 0.717) is 19.0 Å². The van der Waals surface area contributed by atoms with Gasteiger partial charge in [0, 0.05) is 72.5 Å². The summed E-state index contributed by atoms with van der Waals surface area (Å²) in [6.45, 7) is 1.14. The van der Waals surface area contributed by atoms with Crippen molar-refractivity contribution >= 4 is 44.6 Å². The number of nitrogens with zero attached hydrogens (tertiary/aromatic N) is 6. The first-order valence-electron chi connectivity index (χ1n) is 18.1. The van der Waals surface area contributed by atoms with E-state index in [1.807, 2.05) is 0 Å². The van der Waals surface area contributed by atoms with Crippen LogP contribution in [-0.4, -0.2) is 46.7 Å². The fraction of sp³-hybridized carbons (Fsp3) is 0.133. The number of aromatic nitrogens is 4. The van der Waals surface area contributed by atoms with Crippen LogP contribution >= 0.6 is 0 Å². The third-order valence-corrected chi connectivity index (χ3v) is 11.5. The molecule has 0 bridgehead atoms. The van der Waals surface area contributed by atoms with Gasteiger partial charge in [-0.25, -0.2) is 15.0 Å². The Bertz CT molecular complexity index is 2550. The lowest BCUT2D eigenvalue weighted by atomic mass is 9.97. The summed E-state index contributed by atoms with van der Waals surface area (Å²) in [5, 5.41) is 2.25. The molecule has 0 amide bonds. The largest absolute Gasteiger partial charge is 0.345 e. The lowest BCUT2D eigenvalue weighted by Crippen LogP contribution is -2.13. The van der Waals surface area contributed by atoms with Crippen molar-refractivity contribution < 1.29 is 0 Å². The van der Waals surface area contributed by atoms with Gasteiger partial charge in [-0.15, -0.1) is 0 Å². The highest BCUT2D eigenvalue weighted by Gasteiger charge is 2.29. The predicted molar refractivity (Wildman–Crippen MR) is 216 cm³/mol. The first kappa shape index (κ1) is 31.4. The van der Waals surface area contributed by atoms with E-state index < -0.39 is 0 Å². The summed E-state index contributed by atoms with van der Waals surface area (Å²) in [5.74, 6) is 0.943. The highest BCUT2D eigenvalue weighted by Crippen LogP contribution is 2.48. The average Bonchev–Trinajstić information content (AvgIpc) is 3.84. The van der Waals surface area contributed by atoms with E-state index >= 15 is 0 Å². The van der Waals surface area contributed by atoms with E-state index in [0.717, 1.165) is 44.6 Å². The number of benzene rings is 6. The number of anilines is 4. The molecule has 2 aromatic heterocycles. The SMILES string of the molecule is CN(c1ccc2c(c1)C(CN)c1ccccc1-2)c1ccc2c3ccc(N(C)c4ccc5c(c4)C(CN)c4ccccc4-5)cc3n(-c3ncncn3)c2c1. The van der Waals surface area contributed by atoms with Crippen molar-refractivity contribution in [3.05, 3.63) is 156 Å². The maximum atomic E-state index is 6.34. The van der Waals surface area contributed by atoms with Crippen LogP contribution < -0.4 is 21.3 Å². The van der Waals surface area contributed by atoms with E-state index in [9.17, 15) is 0 Å². The molecule has 10 rings (SSSR count). The predicted octanol–water partition coefficient (Wildman–Crippen LogP) is 8.65. The molecule has 0 fully saturated rings. The molecular formula is C45H38N8. The van der Waals surface area contributed by atoms with Gasteiger partial charge in [-0.1, -0.05) is 72.8 Å². The summed E-state index contributed by atoms with van der Waals surface area (Å²) in [4.78, 5) is 17.9. The number of hydrogen-bond acceptors (Lipinski definition) is 7. The lowest BCUT2D eigenvalue weighted by Gasteiger charge is -2.22. The second kappa shape index (κ2) is 12.1. The van der Waals surface area contributed by atoms with Crippen LogP contribution in [0, 0.1) is 0 Å². The van der Waals surface area contributed by atoms with Crippen LogP contribution in [0.3, 0.4) is 0 Å². The fourth-order valence-electron chi connectivity index (χ4n) is 8.79. The molecule has 258 valence electrons. The molecule has 0 spiro atoms. The lowest BCUT2D eigenvalue weighted by molar-refractivity contribution is 0.840. The Balaban J connectivity index is 1.06. The smallest absolute Gasteiger partial charge is 0.237 e. The van der Waals surface area contributed by atoms with Crippen molar-refractivity contribution in [3.63, 3.8) is 0 Å². The minimum Gasteiger partial charge on any atom is -0.345 e. The highest BCUT2D eigenvalue weighted by atomic mass is 15.2. The summed E-state index contributed by atoms with van der Waals surface area (Å²) in [6, 6.07) is 44.0. The molecule has 2 heterocycles. The third kappa shape index (κ3) is 4.73. The van der Waals surface area contributed by atoms with Crippen molar-refractivity contribution in [2.75, 3.05) is 37.0 Å². The number of nitrogens with two attached hydrogens (primary N) is 2. The fourth-order valence-corrected chi connectivity index (χ4v) is 8.79. The first-order chi connectivity index (χ1) is 26.0. The monoisotopic (exact) mass is 690 g/mol. The Morgan fingerprint density at radius 3 is 1.40 bits per heavy atom. The van der Waals surface area contributed by atoms with Gasteiger partial charge < -0.3 is 21.3 Å². The van der Waals surface area contributed by atoms with Crippen LogP contribution in [0.15, 0.2) is 134 Å². The Hall–Kier alpha value is -6.35. The van der Waals surface area contributed by atoms with Crippen LogP contribution in [0.1, 0.15) is 34.1 Å². The average molecular weight is 691 g/mol. The zero-order valence-corrected chi connectivity index (χ0v) is 29.6. The van der Waals surface area contributed by atoms with E-state index in [1.165, 1.54) is 44.5 Å². The maximum Gasteiger partial charge on any atom is 0.237 e. The number of rotatable bonds is 7. The van der Waals surface area contributed by atoms with Crippen LogP contribution in [0.2, 0.25) is 0 Å². The molecule has 2 aliphatic carbocycles.